The molecule has 1 aliphatic heterocycles. The van der Waals surface area contributed by atoms with Crippen LogP contribution in [0, 0.1) is 10.1 Å². The first-order valence-corrected chi connectivity index (χ1v) is 6.03. The average Bonchev–Trinajstić information content (AvgIpc) is 1.90. The first kappa shape index (κ1) is 7.24. The molecule has 54 valence electrons. The third kappa shape index (κ3) is 2.08. The minimum absolute atomic E-state index is 0.112. The first-order valence-electron chi connectivity index (χ1n) is 2.97. The zero-order chi connectivity index (χ0) is 6.69. The van der Waals surface area contributed by atoms with Crippen molar-refractivity contribution in [3.8, 4) is 0 Å². The summed E-state index contributed by atoms with van der Waals surface area (Å²) in [6.07, 6.45) is 1.92. The summed E-state index contributed by atoms with van der Waals surface area (Å²) in [5, 5.41) is 10.2. The Morgan fingerprint density at radius 3 is 2.78 bits per heavy atom. The number of halogens is 1. The number of hydrogen-bond acceptors (Lipinski definition) is 2. The van der Waals surface area contributed by atoms with Crippen molar-refractivity contribution >= 4 is 0 Å². The number of hydrogen-bond donors (Lipinski definition) is 0. The molecule has 0 saturated carbocycles. The fourth-order valence-electron chi connectivity index (χ4n) is 0.849. The van der Waals surface area contributed by atoms with Gasteiger partial charge in [-0.1, -0.05) is 0 Å². The van der Waals surface area contributed by atoms with Crippen LogP contribution in [0.25, 0.3) is 0 Å². The van der Waals surface area contributed by atoms with Crippen LogP contribution in [0.15, 0.2) is 0 Å². The van der Waals surface area contributed by atoms with Crippen molar-refractivity contribution in [2.24, 2.45) is 0 Å². The predicted octanol–water partition coefficient (Wildman–Crippen LogP) is -2.49. The van der Waals surface area contributed by atoms with E-state index in [4.69, 9.17) is 0 Å². The maximum absolute atomic E-state index is 10.2. The SMILES string of the molecule is O=[N+]([O-])C1CCC[I-]C1. The second-order valence-electron chi connectivity index (χ2n) is 2.11. The first-order chi connectivity index (χ1) is 4.30. The van der Waals surface area contributed by atoms with Gasteiger partial charge in [0, 0.05) is 0 Å². The van der Waals surface area contributed by atoms with E-state index in [2.05, 4.69) is 0 Å². The van der Waals surface area contributed by atoms with E-state index in [0.29, 0.717) is 0 Å². The molecule has 0 radical (unpaired) electrons. The summed E-state index contributed by atoms with van der Waals surface area (Å²) in [6, 6.07) is -0.174. The third-order valence-electron chi connectivity index (χ3n) is 1.39. The fraction of sp³-hybridized carbons (Fsp3) is 1.00. The molecule has 1 rings (SSSR count). The van der Waals surface area contributed by atoms with E-state index in [0.717, 1.165) is 17.3 Å². The number of rotatable bonds is 1. The second-order valence-corrected chi connectivity index (χ2v) is 5.15. The zero-order valence-corrected chi connectivity index (χ0v) is 7.20. The van der Waals surface area contributed by atoms with E-state index in [-0.39, 0.29) is 32.2 Å². The molecule has 4 heteroatoms. The van der Waals surface area contributed by atoms with Crippen LogP contribution in [-0.4, -0.2) is 19.8 Å². The normalized spacial score (nSPS) is 28.7. The standard InChI is InChI=1S/C5H9INO2/c8-7(9)5-2-1-3-6-4-5/h5H,1-4H2/q-1. The number of nitrogens with zero attached hydrogens (tertiary/aromatic N) is 1. The van der Waals surface area contributed by atoms with Crippen LogP contribution in [0.2, 0.25) is 0 Å². The van der Waals surface area contributed by atoms with Gasteiger partial charge in [0.1, 0.15) is 0 Å². The Morgan fingerprint density at radius 1 is 1.67 bits per heavy atom. The quantitative estimate of drug-likeness (QED) is 0.221. The van der Waals surface area contributed by atoms with Gasteiger partial charge in [-0.05, 0) is 0 Å². The molecule has 3 nitrogen and oxygen atoms in total. The predicted molar refractivity (Wildman–Crippen MR) is 29.8 cm³/mol. The van der Waals surface area contributed by atoms with Gasteiger partial charge in [-0.15, -0.1) is 0 Å². The Morgan fingerprint density at radius 2 is 2.44 bits per heavy atom. The summed E-state index contributed by atoms with van der Waals surface area (Å²) in [5.74, 6) is 0. The Kier molecular flexibility index (Phi) is 2.68. The molecule has 0 aromatic carbocycles. The van der Waals surface area contributed by atoms with E-state index in [1.807, 2.05) is 0 Å². The van der Waals surface area contributed by atoms with Crippen LogP contribution in [0.1, 0.15) is 12.8 Å². The minimum atomic E-state index is -0.174. The summed E-state index contributed by atoms with van der Waals surface area (Å²) >= 11 is 0.199. The molecule has 1 unspecified atom stereocenters. The summed E-state index contributed by atoms with van der Waals surface area (Å²) in [4.78, 5) is 10.1. The Hall–Kier alpha value is 0.130. The molecule has 0 aromatic heterocycles. The molecule has 0 spiro atoms. The van der Waals surface area contributed by atoms with Crippen LogP contribution >= 0.6 is 0 Å². The van der Waals surface area contributed by atoms with E-state index < -0.39 is 0 Å². The van der Waals surface area contributed by atoms with Gasteiger partial charge in [-0.2, -0.15) is 0 Å². The molecule has 0 aromatic rings. The van der Waals surface area contributed by atoms with Crippen LogP contribution in [0.5, 0.6) is 0 Å². The average molecular weight is 242 g/mol. The summed E-state index contributed by atoms with van der Waals surface area (Å²) in [6.45, 7) is 0. The van der Waals surface area contributed by atoms with Gasteiger partial charge in [-0.25, -0.2) is 0 Å². The van der Waals surface area contributed by atoms with Crippen molar-refractivity contribution in [1.29, 1.82) is 0 Å². The van der Waals surface area contributed by atoms with E-state index >= 15 is 0 Å². The molecule has 1 heterocycles. The molecule has 1 aliphatic rings. The summed E-state index contributed by atoms with van der Waals surface area (Å²) in [7, 11) is 0. The molecule has 0 amide bonds. The van der Waals surface area contributed by atoms with Crippen molar-refractivity contribution in [1.82, 2.24) is 0 Å². The maximum atomic E-state index is 10.2. The number of alkyl halides is 2. The van der Waals surface area contributed by atoms with E-state index in [1.165, 1.54) is 4.43 Å². The van der Waals surface area contributed by atoms with Gasteiger partial charge >= 0.3 is 64.0 Å². The molecule has 1 fully saturated rings. The molecule has 1 saturated heterocycles. The monoisotopic (exact) mass is 242 g/mol. The molecule has 1 atom stereocenters. The van der Waals surface area contributed by atoms with Gasteiger partial charge < -0.3 is 0 Å². The Balaban J connectivity index is 2.31. The van der Waals surface area contributed by atoms with Gasteiger partial charge in [-0.3, -0.25) is 0 Å². The van der Waals surface area contributed by atoms with Crippen molar-refractivity contribution in [2.45, 2.75) is 18.9 Å². The van der Waals surface area contributed by atoms with Crippen molar-refractivity contribution in [3.63, 3.8) is 0 Å². The van der Waals surface area contributed by atoms with E-state index in [9.17, 15) is 10.1 Å². The van der Waals surface area contributed by atoms with Gasteiger partial charge in [0.25, 0.3) is 0 Å². The summed E-state index contributed by atoms with van der Waals surface area (Å²) in [5.41, 5.74) is 0. The molecule has 0 aliphatic carbocycles. The van der Waals surface area contributed by atoms with Crippen LogP contribution in [-0.2, 0) is 0 Å². The fourth-order valence-corrected chi connectivity index (χ4v) is 3.75. The third-order valence-corrected chi connectivity index (χ3v) is 4.56. The molecular weight excluding hydrogens is 233 g/mol. The second kappa shape index (κ2) is 3.34. The van der Waals surface area contributed by atoms with Crippen molar-refractivity contribution in [2.75, 3.05) is 8.86 Å². The van der Waals surface area contributed by atoms with Gasteiger partial charge in [0.15, 0.2) is 0 Å². The molecule has 9 heavy (non-hydrogen) atoms. The topological polar surface area (TPSA) is 43.1 Å². The van der Waals surface area contributed by atoms with Crippen LogP contribution < -0.4 is 21.2 Å². The zero-order valence-electron chi connectivity index (χ0n) is 5.05. The van der Waals surface area contributed by atoms with Crippen LogP contribution in [0.4, 0.5) is 0 Å². The van der Waals surface area contributed by atoms with E-state index in [1.54, 1.807) is 0 Å². The van der Waals surface area contributed by atoms with Crippen molar-refractivity contribution in [3.05, 3.63) is 10.1 Å². The summed E-state index contributed by atoms with van der Waals surface area (Å²) < 4.78 is 2.20. The molecule has 0 N–H and O–H groups in total. The molecule has 0 bridgehead atoms. The molecular formula is C5H9INO2-. The number of nitro groups is 1. The van der Waals surface area contributed by atoms with Crippen molar-refractivity contribution < 1.29 is 26.1 Å². The Labute approximate surface area is 64.2 Å². The van der Waals surface area contributed by atoms with Gasteiger partial charge in [0.05, 0.1) is 0 Å². The van der Waals surface area contributed by atoms with Crippen LogP contribution in [0.3, 0.4) is 0 Å². The Bertz CT molecular complexity index is 112. The van der Waals surface area contributed by atoms with Gasteiger partial charge in [0.2, 0.25) is 0 Å².